The van der Waals surface area contributed by atoms with Gasteiger partial charge in [0, 0.05) is 11.6 Å². The minimum Gasteiger partial charge on any atom is -0.741 e. The highest BCUT2D eigenvalue weighted by atomic mass is 32.2. The van der Waals surface area contributed by atoms with E-state index in [2.05, 4.69) is 32.8 Å². The van der Waals surface area contributed by atoms with Crippen molar-refractivity contribution in [3.63, 3.8) is 0 Å². The summed E-state index contributed by atoms with van der Waals surface area (Å²) in [6.45, 7) is 5.49. The van der Waals surface area contributed by atoms with Crippen LogP contribution >= 0.6 is 0 Å². The molecule has 6 nitrogen and oxygen atoms in total. The summed E-state index contributed by atoms with van der Waals surface area (Å²) < 4.78 is 64.7. The molecule has 0 radical (unpaired) electrons. The molecule has 0 aliphatic rings. The van der Waals surface area contributed by atoms with Crippen molar-refractivity contribution < 1.29 is 40.2 Å². The number of quaternary nitrogens is 1. The van der Waals surface area contributed by atoms with Crippen molar-refractivity contribution in [2.24, 2.45) is 0 Å². The number of esters is 1. The predicted octanol–water partition coefficient (Wildman–Crippen LogP) is 2.04. The molecule has 0 fully saturated rings. The summed E-state index contributed by atoms with van der Waals surface area (Å²) in [4.78, 5) is 10.9. The van der Waals surface area contributed by atoms with Crippen molar-refractivity contribution in [2.45, 2.75) is 12.1 Å². The van der Waals surface area contributed by atoms with Crippen LogP contribution in [0.1, 0.15) is 5.56 Å². The second-order valence-corrected chi connectivity index (χ2v) is 6.95. The van der Waals surface area contributed by atoms with E-state index in [-0.39, 0.29) is 5.97 Å². The van der Waals surface area contributed by atoms with Crippen molar-refractivity contribution in [3.8, 4) is 0 Å². The summed E-state index contributed by atoms with van der Waals surface area (Å²) in [5.74, 6) is -0.357. The van der Waals surface area contributed by atoms with Gasteiger partial charge in [-0.25, -0.2) is 13.2 Å². The Labute approximate surface area is 144 Å². The number of carbonyl (C=O) groups is 1. The third-order valence-corrected chi connectivity index (χ3v) is 3.41. The molecule has 0 spiro atoms. The van der Waals surface area contributed by atoms with Gasteiger partial charge in [-0.05, 0) is 0 Å². The highest BCUT2D eigenvalue weighted by Gasteiger charge is 2.36. The molecular formula is C15H20F3NO5S. The van der Waals surface area contributed by atoms with Gasteiger partial charge in [-0.1, -0.05) is 36.9 Å². The van der Waals surface area contributed by atoms with Crippen LogP contribution in [0.3, 0.4) is 0 Å². The molecule has 0 unspecified atom stereocenters. The molecular weight excluding hydrogens is 363 g/mol. The quantitative estimate of drug-likeness (QED) is 0.247. The standard InChI is InChI=1S/C14H20NO2.CHF3O3S/c1-4-14(16)17-11-10-15(2,3)12-13-8-6-5-7-9-13;2-1(3,4)8(5,6)7/h4-9H,1,10-12H2,2-3H3;(H,5,6,7)/q+1;/p-1. The maximum atomic E-state index is 10.9. The van der Waals surface area contributed by atoms with Gasteiger partial charge in [0.15, 0.2) is 10.1 Å². The van der Waals surface area contributed by atoms with Crippen molar-refractivity contribution in [3.05, 3.63) is 48.6 Å². The molecule has 1 aromatic carbocycles. The summed E-state index contributed by atoms with van der Waals surface area (Å²) in [5.41, 5.74) is -4.36. The number of hydrogen-bond donors (Lipinski definition) is 0. The summed E-state index contributed by atoms with van der Waals surface area (Å²) >= 11 is 0. The Morgan fingerprint density at radius 1 is 1.28 bits per heavy atom. The predicted molar refractivity (Wildman–Crippen MR) is 84.0 cm³/mol. The number of carbonyl (C=O) groups excluding carboxylic acids is 1. The van der Waals surface area contributed by atoms with Crippen LogP contribution in [0.25, 0.3) is 0 Å². The van der Waals surface area contributed by atoms with E-state index in [1.54, 1.807) is 0 Å². The first-order valence-corrected chi connectivity index (χ1v) is 8.36. The average Bonchev–Trinajstić information content (AvgIpc) is 2.46. The molecule has 0 atom stereocenters. The first kappa shape index (κ1) is 23.1. The van der Waals surface area contributed by atoms with Gasteiger partial charge in [0.05, 0.1) is 14.1 Å². The Bertz CT molecular complexity index is 657. The molecule has 0 bridgehead atoms. The number of hydrogen-bond acceptors (Lipinski definition) is 5. The van der Waals surface area contributed by atoms with Crippen LogP contribution < -0.4 is 0 Å². The molecule has 0 amide bonds. The lowest BCUT2D eigenvalue weighted by molar-refractivity contribution is -0.903. The molecule has 0 heterocycles. The number of nitrogens with zero attached hydrogens (tertiary/aromatic N) is 1. The minimum atomic E-state index is -6.09. The summed E-state index contributed by atoms with van der Waals surface area (Å²) in [6.07, 6.45) is 1.19. The lowest BCUT2D eigenvalue weighted by atomic mass is 10.2. The largest absolute Gasteiger partial charge is 0.741 e. The second-order valence-electron chi connectivity index (χ2n) is 5.57. The molecule has 0 aromatic heterocycles. The van der Waals surface area contributed by atoms with Gasteiger partial charge in [-0.2, -0.15) is 13.2 Å². The lowest BCUT2D eigenvalue weighted by Gasteiger charge is -2.29. The van der Waals surface area contributed by atoms with Crippen LogP contribution in [0.5, 0.6) is 0 Å². The molecule has 142 valence electrons. The molecule has 25 heavy (non-hydrogen) atoms. The summed E-state index contributed by atoms with van der Waals surface area (Å²) in [6, 6.07) is 10.3. The Kier molecular flexibility index (Phi) is 8.81. The van der Waals surface area contributed by atoms with E-state index in [9.17, 15) is 18.0 Å². The first-order valence-electron chi connectivity index (χ1n) is 6.96. The van der Waals surface area contributed by atoms with Crippen molar-refractivity contribution >= 4 is 16.1 Å². The number of halogens is 3. The smallest absolute Gasteiger partial charge is 0.485 e. The molecule has 0 N–H and O–H groups in total. The Hall–Kier alpha value is -1.91. The first-order chi connectivity index (χ1) is 11.3. The molecule has 0 saturated carbocycles. The Balaban J connectivity index is 0.000000609. The van der Waals surface area contributed by atoms with Crippen molar-refractivity contribution in [2.75, 3.05) is 27.2 Å². The SMILES string of the molecule is C=CC(=O)OCC[N+](C)(C)Cc1ccccc1.O=S(=O)([O-])C(F)(F)F. The highest BCUT2D eigenvalue weighted by Crippen LogP contribution is 2.20. The van der Waals surface area contributed by atoms with E-state index in [0.29, 0.717) is 6.61 Å². The van der Waals surface area contributed by atoms with E-state index in [1.807, 2.05) is 18.2 Å². The van der Waals surface area contributed by atoms with Crippen LogP contribution in [-0.4, -0.2) is 56.2 Å². The fourth-order valence-electron chi connectivity index (χ4n) is 1.61. The van der Waals surface area contributed by atoms with Crippen LogP contribution in [-0.2, 0) is 26.2 Å². The maximum Gasteiger partial charge on any atom is 0.485 e. The van der Waals surface area contributed by atoms with Crippen LogP contribution in [0.2, 0.25) is 0 Å². The van der Waals surface area contributed by atoms with Gasteiger partial charge in [0.25, 0.3) is 0 Å². The van der Waals surface area contributed by atoms with Gasteiger partial charge in [0.1, 0.15) is 19.7 Å². The monoisotopic (exact) mass is 383 g/mol. The maximum absolute atomic E-state index is 10.9. The molecule has 1 rings (SSSR count). The number of likely N-dealkylation sites (N-methyl/N-ethyl adjacent to an activating group) is 1. The third-order valence-electron chi connectivity index (χ3n) is 2.84. The zero-order valence-electron chi connectivity index (χ0n) is 13.8. The van der Waals surface area contributed by atoms with Crippen molar-refractivity contribution in [1.82, 2.24) is 0 Å². The van der Waals surface area contributed by atoms with Crippen molar-refractivity contribution in [1.29, 1.82) is 0 Å². The highest BCUT2D eigenvalue weighted by molar-refractivity contribution is 7.86. The van der Waals surface area contributed by atoms with Gasteiger partial charge in [0.2, 0.25) is 0 Å². The number of rotatable bonds is 6. The van der Waals surface area contributed by atoms with E-state index >= 15 is 0 Å². The molecule has 0 aliphatic heterocycles. The lowest BCUT2D eigenvalue weighted by Crippen LogP contribution is -2.41. The fourth-order valence-corrected chi connectivity index (χ4v) is 1.61. The zero-order valence-corrected chi connectivity index (χ0v) is 14.6. The minimum absolute atomic E-state index is 0.357. The van der Waals surface area contributed by atoms with Gasteiger partial charge >= 0.3 is 11.5 Å². The molecule has 0 saturated heterocycles. The number of ether oxygens (including phenoxy) is 1. The van der Waals surface area contributed by atoms with Crippen LogP contribution in [0.15, 0.2) is 43.0 Å². The Morgan fingerprint density at radius 3 is 2.16 bits per heavy atom. The molecule has 0 aliphatic carbocycles. The molecule has 10 heteroatoms. The van der Waals surface area contributed by atoms with Crippen LogP contribution in [0.4, 0.5) is 13.2 Å². The number of alkyl halides is 3. The number of benzene rings is 1. The third kappa shape index (κ3) is 10.5. The second kappa shape index (κ2) is 9.54. The topological polar surface area (TPSA) is 83.5 Å². The van der Waals surface area contributed by atoms with E-state index in [0.717, 1.165) is 17.6 Å². The van der Waals surface area contributed by atoms with Gasteiger partial charge in [-0.3, -0.25) is 0 Å². The average molecular weight is 383 g/mol. The van der Waals surface area contributed by atoms with Gasteiger partial charge < -0.3 is 13.8 Å². The van der Waals surface area contributed by atoms with E-state index in [1.165, 1.54) is 11.6 Å². The summed E-state index contributed by atoms with van der Waals surface area (Å²) in [7, 11) is -1.85. The van der Waals surface area contributed by atoms with Crippen LogP contribution in [0, 0.1) is 0 Å². The molecule has 1 aromatic rings. The van der Waals surface area contributed by atoms with E-state index in [4.69, 9.17) is 17.7 Å². The van der Waals surface area contributed by atoms with E-state index < -0.39 is 15.6 Å². The fraction of sp³-hybridized carbons (Fsp3) is 0.400. The van der Waals surface area contributed by atoms with Gasteiger partial charge in [-0.15, -0.1) is 0 Å². The normalized spacial score (nSPS) is 11.9. The Morgan fingerprint density at radius 2 is 1.76 bits per heavy atom. The summed E-state index contributed by atoms with van der Waals surface area (Å²) in [5, 5.41) is 0. The zero-order chi connectivity index (χ0) is 19.7.